The van der Waals surface area contributed by atoms with Crippen molar-refractivity contribution in [1.29, 1.82) is 0 Å². The van der Waals surface area contributed by atoms with Crippen LogP contribution in [0.1, 0.15) is 22.5 Å². The van der Waals surface area contributed by atoms with Gasteiger partial charge in [-0.15, -0.1) is 11.3 Å². The van der Waals surface area contributed by atoms with Crippen LogP contribution in [0.2, 0.25) is 0 Å². The van der Waals surface area contributed by atoms with Crippen LogP contribution in [0.4, 0.5) is 10.1 Å². The van der Waals surface area contributed by atoms with Gasteiger partial charge in [0.25, 0.3) is 5.91 Å². The van der Waals surface area contributed by atoms with Crippen molar-refractivity contribution in [3.8, 4) is 0 Å². The van der Waals surface area contributed by atoms with Crippen molar-refractivity contribution >= 4 is 22.9 Å². The molecule has 2 saturated heterocycles. The summed E-state index contributed by atoms with van der Waals surface area (Å²) in [6.07, 6.45) is 2.18. The number of para-hydroxylation sites is 1. The van der Waals surface area contributed by atoms with Crippen LogP contribution in [0.3, 0.4) is 0 Å². The van der Waals surface area contributed by atoms with Gasteiger partial charge < -0.3 is 9.80 Å². The molecule has 3 heterocycles. The molecule has 138 valence electrons. The Morgan fingerprint density at radius 1 is 1.04 bits per heavy atom. The number of nitrogens with zero attached hydrogens (tertiary/aromatic N) is 3. The molecule has 1 aromatic carbocycles. The summed E-state index contributed by atoms with van der Waals surface area (Å²) in [5.74, 6) is 0.0148. The molecule has 1 amide bonds. The lowest BCUT2D eigenvalue weighted by Crippen LogP contribution is -2.56. The van der Waals surface area contributed by atoms with E-state index in [1.165, 1.54) is 17.4 Å². The van der Waals surface area contributed by atoms with Crippen molar-refractivity contribution < 1.29 is 9.18 Å². The molecule has 4 nitrogen and oxygen atoms in total. The second-order valence-electron chi connectivity index (χ2n) is 7.00. The fraction of sp³-hybridized carbons (Fsp3) is 0.450. The third kappa shape index (κ3) is 3.62. The van der Waals surface area contributed by atoms with Crippen molar-refractivity contribution in [3.05, 3.63) is 52.5 Å². The number of hydrogen-bond acceptors (Lipinski definition) is 4. The molecule has 0 N–H and O–H groups in total. The number of carbonyl (C=O) groups excluding carboxylic acids is 1. The van der Waals surface area contributed by atoms with E-state index in [1.807, 2.05) is 34.5 Å². The first-order chi connectivity index (χ1) is 12.7. The summed E-state index contributed by atoms with van der Waals surface area (Å²) in [5.41, 5.74) is 0.699. The molecule has 0 unspecified atom stereocenters. The number of anilines is 1. The zero-order chi connectivity index (χ0) is 17.9. The van der Waals surface area contributed by atoms with E-state index in [0.717, 1.165) is 57.0 Å². The van der Waals surface area contributed by atoms with Gasteiger partial charge in [-0.05, 0) is 36.4 Å². The Hall–Kier alpha value is -1.92. The number of rotatable bonds is 3. The Morgan fingerprint density at radius 3 is 2.58 bits per heavy atom. The van der Waals surface area contributed by atoms with Crippen molar-refractivity contribution in [2.45, 2.75) is 18.9 Å². The molecule has 0 bridgehead atoms. The van der Waals surface area contributed by atoms with Crippen molar-refractivity contribution in [2.75, 3.05) is 44.2 Å². The van der Waals surface area contributed by atoms with Gasteiger partial charge in [-0.3, -0.25) is 9.69 Å². The van der Waals surface area contributed by atoms with Gasteiger partial charge in [0.2, 0.25) is 0 Å². The Kier molecular flexibility index (Phi) is 5.22. The summed E-state index contributed by atoms with van der Waals surface area (Å²) < 4.78 is 14.0. The maximum atomic E-state index is 14.0. The van der Waals surface area contributed by atoms with Crippen LogP contribution in [0.5, 0.6) is 0 Å². The zero-order valence-electron chi connectivity index (χ0n) is 14.8. The summed E-state index contributed by atoms with van der Waals surface area (Å²) in [6.45, 7) is 5.14. The van der Waals surface area contributed by atoms with Gasteiger partial charge in [-0.2, -0.15) is 0 Å². The summed E-state index contributed by atoms with van der Waals surface area (Å²) in [5, 5.41) is 1.95. The minimum atomic E-state index is -0.147. The highest BCUT2D eigenvalue weighted by molar-refractivity contribution is 7.12. The van der Waals surface area contributed by atoms with Gasteiger partial charge in [0.15, 0.2) is 0 Å². The van der Waals surface area contributed by atoms with E-state index in [0.29, 0.717) is 11.7 Å². The van der Waals surface area contributed by atoms with E-state index in [4.69, 9.17) is 0 Å². The van der Waals surface area contributed by atoms with Crippen LogP contribution in [0.25, 0.3) is 0 Å². The first kappa shape index (κ1) is 17.5. The van der Waals surface area contributed by atoms with Crippen molar-refractivity contribution in [1.82, 2.24) is 9.80 Å². The summed E-state index contributed by atoms with van der Waals surface area (Å²) in [7, 11) is 0. The number of likely N-dealkylation sites (tertiary alicyclic amines) is 1. The molecule has 0 radical (unpaired) electrons. The van der Waals surface area contributed by atoms with Gasteiger partial charge in [-0.25, -0.2) is 4.39 Å². The summed E-state index contributed by atoms with van der Waals surface area (Å²) in [6, 6.07) is 11.3. The smallest absolute Gasteiger partial charge is 0.263 e. The number of hydrogen-bond donors (Lipinski definition) is 0. The van der Waals surface area contributed by atoms with Gasteiger partial charge in [0.05, 0.1) is 10.6 Å². The zero-order valence-corrected chi connectivity index (χ0v) is 15.6. The topological polar surface area (TPSA) is 26.8 Å². The maximum absolute atomic E-state index is 14.0. The monoisotopic (exact) mass is 373 g/mol. The highest BCUT2D eigenvalue weighted by atomic mass is 32.1. The SMILES string of the molecule is O=C(c1cccs1)N1CCC[C@@H](N2CCN(c3ccccc3F)CC2)C1. The van der Waals surface area contributed by atoms with E-state index in [9.17, 15) is 9.18 Å². The van der Waals surface area contributed by atoms with Crippen LogP contribution in [0, 0.1) is 5.82 Å². The highest BCUT2D eigenvalue weighted by Gasteiger charge is 2.30. The number of thiophene rings is 1. The Bertz CT molecular complexity index is 743. The number of piperidine rings is 1. The molecule has 0 spiro atoms. The molecule has 4 rings (SSSR count). The summed E-state index contributed by atoms with van der Waals surface area (Å²) >= 11 is 1.51. The number of piperazine rings is 1. The van der Waals surface area contributed by atoms with Crippen LogP contribution < -0.4 is 4.90 Å². The quantitative estimate of drug-likeness (QED) is 0.826. The van der Waals surface area contributed by atoms with E-state index in [-0.39, 0.29) is 11.7 Å². The van der Waals surface area contributed by atoms with E-state index in [2.05, 4.69) is 9.80 Å². The highest BCUT2D eigenvalue weighted by Crippen LogP contribution is 2.24. The second-order valence-corrected chi connectivity index (χ2v) is 7.95. The van der Waals surface area contributed by atoms with Gasteiger partial charge in [-0.1, -0.05) is 18.2 Å². The van der Waals surface area contributed by atoms with Crippen molar-refractivity contribution in [2.24, 2.45) is 0 Å². The van der Waals surface area contributed by atoms with E-state index >= 15 is 0 Å². The minimum Gasteiger partial charge on any atom is -0.367 e. The number of amides is 1. The lowest BCUT2D eigenvalue weighted by molar-refractivity contribution is 0.0567. The van der Waals surface area contributed by atoms with E-state index < -0.39 is 0 Å². The van der Waals surface area contributed by atoms with Crippen LogP contribution in [-0.2, 0) is 0 Å². The largest absolute Gasteiger partial charge is 0.367 e. The molecular weight excluding hydrogens is 349 g/mol. The second kappa shape index (κ2) is 7.76. The molecule has 2 fully saturated rings. The first-order valence-corrected chi connectivity index (χ1v) is 10.2. The molecule has 1 aromatic heterocycles. The van der Waals surface area contributed by atoms with Crippen molar-refractivity contribution in [3.63, 3.8) is 0 Å². The molecular formula is C20H24FN3OS. The van der Waals surface area contributed by atoms with Crippen LogP contribution >= 0.6 is 11.3 Å². The number of halogens is 1. The predicted octanol–water partition coefficient (Wildman–Crippen LogP) is 3.31. The molecule has 2 aliphatic rings. The molecule has 0 aliphatic carbocycles. The molecule has 26 heavy (non-hydrogen) atoms. The molecule has 2 aliphatic heterocycles. The van der Waals surface area contributed by atoms with Crippen LogP contribution in [-0.4, -0.2) is 61.0 Å². The fourth-order valence-electron chi connectivity index (χ4n) is 4.03. The van der Waals surface area contributed by atoms with Gasteiger partial charge >= 0.3 is 0 Å². The maximum Gasteiger partial charge on any atom is 0.263 e. The first-order valence-electron chi connectivity index (χ1n) is 9.28. The molecule has 2 aromatic rings. The molecule has 1 atom stereocenters. The molecule has 6 heteroatoms. The lowest BCUT2D eigenvalue weighted by Gasteiger charge is -2.43. The predicted molar refractivity (Wildman–Crippen MR) is 103 cm³/mol. The average molecular weight is 373 g/mol. The third-order valence-electron chi connectivity index (χ3n) is 5.44. The average Bonchev–Trinajstić information content (AvgIpc) is 3.23. The van der Waals surface area contributed by atoms with Gasteiger partial charge in [0, 0.05) is 45.3 Å². The Balaban J connectivity index is 1.35. The van der Waals surface area contributed by atoms with Crippen LogP contribution in [0.15, 0.2) is 41.8 Å². The Morgan fingerprint density at radius 2 is 1.85 bits per heavy atom. The minimum absolute atomic E-state index is 0.147. The fourth-order valence-corrected chi connectivity index (χ4v) is 4.72. The number of carbonyl (C=O) groups is 1. The molecule has 0 saturated carbocycles. The van der Waals surface area contributed by atoms with Gasteiger partial charge in [0.1, 0.15) is 5.82 Å². The third-order valence-corrected chi connectivity index (χ3v) is 6.30. The number of benzene rings is 1. The van der Waals surface area contributed by atoms with E-state index in [1.54, 1.807) is 6.07 Å². The standard InChI is InChI=1S/C20H24FN3OS/c21-17-6-1-2-7-18(17)23-12-10-22(11-13-23)16-5-3-9-24(15-16)20(25)19-8-4-14-26-19/h1-2,4,6-8,14,16H,3,5,9-13,15H2/t16-/m1/s1. The summed E-state index contributed by atoms with van der Waals surface area (Å²) in [4.78, 5) is 20.1. The Labute approximate surface area is 157 Å². The lowest BCUT2D eigenvalue weighted by atomic mass is 10.0. The normalized spacial score (nSPS) is 21.8.